The fraction of sp³-hybridized carbons (Fsp3) is 0.486. The summed E-state index contributed by atoms with van der Waals surface area (Å²) in [7, 11) is 1.75. The van der Waals surface area contributed by atoms with Crippen LogP contribution >= 0.6 is 0 Å². The van der Waals surface area contributed by atoms with Gasteiger partial charge in [-0.05, 0) is 102 Å². The summed E-state index contributed by atoms with van der Waals surface area (Å²) in [5, 5.41) is 3.04. The van der Waals surface area contributed by atoms with Crippen LogP contribution < -0.4 is 20.7 Å². The third-order valence-electron chi connectivity index (χ3n) is 8.76. The summed E-state index contributed by atoms with van der Waals surface area (Å²) < 4.78 is 7.14. The number of pyridine rings is 2. The molecule has 0 aliphatic carbocycles. The Morgan fingerprint density at radius 1 is 1.00 bits per heavy atom. The highest BCUT2D eigenvalue weighted by Gasteiger charge is 2.29. The zero-order valence-electron chi connectivity index (χ0n) is 27.9. The molecule has 10 heteroatoms. The molecule has 2 amide bonds. The summed E-state index contributed by atoms with van der Waals surface area (Å²) in [6.07, 6.45) is 2.36. The van der Waals surface area contributed by atoms with Crippen LogP contribution in [0.15, 0.2) is 41.3 Å². The summed E-state index contributed by atoms with van der Waals surface area (Å²) in [5.41, 5.74) is 6.32. The second-order valence-corrected chi connectivity index (χ2v) is 13.4. The van der Waals surface area contributed by atoms with Gasteiger partial charge in [0.05, 0.1) is 0 Å². The Morgan fingerprint density at radius 3 is 2.33 bits per heavy atom. The number of fused-ring (bicyclic) bond motifs is 1. The van der Waals surface area contributed by atoms with Gasteiger partial charge in [0.2, 0.25) is 0 Å². The van der Waals surface area contributed by atoms with Gasteiger partial charge in [-0.2, -0.15) is 0 Å². The van der Waals surface area contributed by atoms with Crippen molar-refractivity contribution < 1.29 is 14.3 Å². The van der Waals surface area contributed by atoms with Crippen molar-refractivity contribution >= 4 is 23.5 Å². The van der Waals surface area contributed by atoms with E-state index in [9.17, 15) is 14.4 Å². The van der Waals surface area contributed by atoms with Crippen molar-refractivity contribution in [2.75, 3.05) is 42.5 Å². The number of hydrogen-bond acceptors (Lipinski definition) is 7. The Labute approximate surface area is 266 Å². The van der Waals surface area contributed by atoms with E-state index < -0.39 is 5.60 Å². The third kappa shape index (κ3) is 6.84. The largest absolute Gasteiger partial charge is 0.444 e. The van der Waals surface area contributed by atoms with Crippen LogP contribution in [0, 0.1) is 13.8 Å². The van der Waals surface area contributed by atoms with Crippen LogP contribution in [0.25, 0.3) is 11.1 Å². The van der Waals surface area contributed by atoms with Crippen LogP contribution in [-0.4, -0.2) is 70.8 Å². The molecule has 2 aliphatic rings. The van der Waals surface area contributed by atoms with Gasteiger partial charge in [-0.1, -0.05) is 0 Å². The standard InChI is InChI=1S/C35H46N6O4/c1-22(2)41-12-11-27-28(32(42)37-21-29-23(3)17-24(4)38(8)33(29)43)18-26(19-30(27)41)25-9-10-31(36-20-25)39-13-15-40(16-14-39)34(44)45-35(5,6)7/h9-10,17-20,22H,11-16,21H2,1-8H3,(H,37,42). The fourth-order valence-electron chi connectivity index (χ4n) is 6.13. The molecule has 5 rings (SSSR count). The predicted molar refractivity (Wildman–Crippen MR) is 178 cm³/mol. The van der Waals surface area contributed by atoms with E-state index in [2.05, 4.69) is 35.0 Å². The Kier molecular flexibility index (Phi) is 8.96. The number of nitrogens with zero attached hydrogens (tertiary/aromatic N) is 5. The molecule has 1 aromatic carbocycles. The lowest BCUT2D eigenvalue weighted by atomic mass is 9.97. The summed E-state index contributed by atoms with van der Waals surface area (Å²) in [5.74, 6) is 0.661. The lowest BCUT2D eigenvalue weighted by Gasteiger charge is -2.36. The van der Waals surface area contributed by atoms with Gasteiger partial charge in [0.15, 0.2) is 0 Å². The molecule has 240 valence electrons. The molecular formula is C35H46N6O4. The zero-order chi connectivity index (χ0) is 32.6. The summed E-state index contributed by atoms with van der Waals surface area (Å²) in [4.78, 5) is 50.1. The van der Waals surface area contributed by atoms with Crippen LogP contribution in [0.1, 0.15) is 67.4 Å². The Morgan fingerprint density at radius 2 is 1.71 bits per heavy atom. The summed E-state index contributed by atoms with van der Waals surface area (Å²) in [6, 6.07) is 10.4. The van der Waals surface area contributed by atoms with E-state index in [0.29, 0.717) is 37.3 Å². The minimum absolute atomic E-state index is 0.0878. The number of hydrogen-bond donors (Lipinski definition) is 1. The first kappa shape index (κ1) is 32.1. The van der Waals surface area contributed by atoms with Crippen molar-refractivity contribution in [2.24, 2.45) is 7.05 Å². The molecule has 2 aromatic heterocycles. The molecule has 0 unspecified atom stereocenters. The van der Waals surface area contributed by atoms with E-state index in [1.54, 1.807) is 16.5 Å². The van der Waals surface area contributed by atoms with Crippen molar-refractivity contribution in [2.45, 2.75) is 73.1 Å². The van der Waals surface area contributed by atoms with E-state index in [1.165, 1.54) is 0 Å². The number of anilines is 2. The van der Waals surface area contributed by atoms with Gasteiger partial charge < -0.3 is 29.3 Å². The molecular weight excluding hydrogens is 568 g/mol. The van der Waals surface area contributed by atoms with Crippen molar-refractivity contribution in [1.29, 1.82) is 0 Å². The number of benzene rings is 1. The lowest BCUT2D eigenvalue weighted by Crippen LogP contribution is -2.50. The highest BCUT2D eigenvalue weighted by atomic mass is 16.6. The van der Waals surface area contributed by atoms with E-state index in [1.807, 2.05) is 65.1 Å². The van der Waals surface area contributed by atoms with Crippen molar-refractivity contribution in [3.63, 3.8) is 0 Å². The number of amides is 2. The van der Waals surface area contributed by atoms with Crippen molar-refractivity contribution in [3.8, 4) is 11.1 Å². The number of nitrogens with one attached hydrogen (secondary N) is 1. The average Bonchev–Trinajstić information content (AvgIpc) is 3.43. The molecule has 45 heavy (non-hydrogen) atoms. The van der Waals surface area contributed by atoms with E-state index >= 15 is 0 Å². The molecule has 0 radical (unpaired) electrons. The quantitative estimate of drug-likeness (QED) is 0.425. The molecule has 2 aliphatic heterocycles. The number of aromatic nitrogens is 2. The second kappa shape index (κ2) is 12.6. The molecule has 3 aromatic rings. The number of piperazine rings is 1. The monoisotopic (exact) mass is 614 g/mol. The molecule has 0 atom stereocenters. The van der Waals surface area contributed by atoms with Gasteiger partial charge in [-0.15, -0.1) is 0 Å². The molecule has 1 saturated heterocycles. The summed E-state index contributed by atoms with van der Waals surface area (Å²) in [6.45, 7) is 17.3. The normalized spacial score (nSPS) is 15.0. The smallest absolute Gasteiger partial charge is 0.410 e. The molecule has 0 saturated carbocycles. The average molecular weight is 615 g/mol. The molecule has 0 spiro atoms. The maximum atomic E-state index is 13.7. The van der Waals surface area contributed by atoms with Gasteiger partial charge in [0, 0.05) is 86.6 Å². The molecule has 0 bridgehead atoms. The van der Waals surface area contributed by atoms with Crippen LogP contribution in [0.2, 0.25) is 0 Å². The zero-order valence-corrected chi connectivity index (χ0v) is 27.9. The van der Waals surface area contributed by atoms with Crippen molar-refractivity contribution in [1.82, 2.24) is 19.8 Å². The highest BCUT2D eigenvalue weighted by Crippen LogP contribution is 2.37. The first-order valence-electron chi connectivity index (χ1n) is 15.8. The Bertz CT molecular complexity index is 1650. The first-order chi connectivity index (χ1) is 21.2. The van der Waals surface area contributed by atoms with E-state index in [0.717, 1.165) is 52.4 Å². The number of ether oxygens (including phenoxy) is 1. The molecule has 1 N–H and O–H groups in total. The topological polar surface area (TPSA) is 100 Å². The maximum absolute atomic E-state index is 13.7. The molecule has 10 nitrogen and oxygen atoms in total. The van der Waals surface area contributed by atoms with Gasteiger partial charge in [-0.25, -0.2) is 9.78 Å². The SMILES string of the molecule is Cc1cc(C)n(C)c(=O)c1CNC(=O)c1cc(-c2ccc(N3CCN(C(=O)OC(C)(C)C)CC3)nc2)cc2c1CCN2C(C)C. The van der Waals surface area contributed by atoms with Crippen LogP contribution in [-0.2, 0) is 24.8 Å². The fourth-order valence-corrected chi connectivity index (χ4v) is 6.13. The molecule has 4 heterocycles. The second-order valence-electron chi connectivity index (χ2n) is 13.4. The van der Waals surface area contributed by atoms with Gasteiger partial charge in [0.25, 0.3) is 11.5 Å². The summed E-state index contributed by atoms with van der Waals surface area (Å²) >= 11 is 0. The third-order valence-corrected chi connectivity index (χ3v) is 8.76. The van der Waals surface area contributed by atoms with Crippen molar-refractivity contribution in [3.05, 3.63) is 74.8 Å². The Hall–Kier alpha value is -4.34. The first-order valence-corrected chi connectivity index (χ1v) is 15.8. The number of carbonyl (C=O) groups excluding carboxylic acids is 2. The molecule has 1 fully saturated rings. The van der Waals surface area contributed by atoms with Gasteiger partial charge in [0.1, 0.15) is 11.4 Å². The number of aryl methyl sites for hydroxylation is 2. The minimum Gasteiger partial charge on any atom is -0.444 e. The highest BCUT2D eigenvalue weighted by molar-refractivity contribution is 5.99. The van der Waals surface area contributed by atoms with Crippen LogP contribution in [0.3, 0.4) is 0 Å². The van der Waals surface area contributed by atoms with Gasteiger partial charge in [-0.3, -0.25) is 9.59 Å². The van der Waals surface area contributed by atoms with E-state index in [-0.39, 0.29) is 30.1 Å². The maximum Gasteiger partial charge on any atom is 0.410 e. The van der Waals surface area contributed by atoms with E-state index in [4.69, 9.17) is 9.72 Å². The van der Waals surface area contributed by atoms with Gasteiger partial charge >= 0.3 is 6.09 Å². The number of rotatable bonds is 6. The minimum atomic E-state index is -0.519. The Balaban J connectivity index is 1.36. The number of carbonyl (C=O) groups is 2. The lowest BCUT2D eigenvalue weighted by molar-refractivity contribution is 0.0240. The predicted octanol–water partition coefficient (Wildman–Crippen LogP) is 4.82. The van der Waals surface area contributed by atoms with Crippen LogP contribution in [0.4, 0.5) is 16.3 Å². The van der Waals surface area contributed by atoms with Crippen LogP contribution in [0.5, 0.6) is 0 Å².